The molecule has 1 aromatic heterocycles. The zero-order valence-electron chi connectivity index (χ0n) is 13.7. The van der Waals surface area contributed by atoms with Gasteiger partial charge in [-0.1, -0.05) is 6.07 Å². The zero-order chi connectivity index (χ0) is 18.0. The van der Waals surface area contributed by atoms with E-state index in [-0.39, 0.29) is 17.3 Å². The molecule has 1 atom stereocenters. The summed E-state index contributed by atoms with van der Waals surface area (Å²) in [6.07, 6.45) is 0. The van der Waals surface area contributed by atoms with Gasteiger partial charge >= 0.3 is 6.61 Å². The SMILES string of the molecule is Cc1ccc(OC(F)F)c(NC(=O)C(C)n2nc(C)c(Br)c2C)c1. The summed E-state index contributed by atoms with van der Waals surface area (Å²) in [4.78, 5) is 12.5. The van der Waals surface area contributed by atoms with E-state index in [4.69, 9.17) is 0 Å². The molecule has 0 bridgehead atoms. The van der Waals surface area contributed by atoms with Crippen LogP contribution in [-0.2, 0) is 4.79 Å². The van der Waals surface area contributed by atoms with E-state index in [1.165, 1.54) is 6.07 Å². The van der Waals surface area contributed by atoms with Gasteiger partial charge < -0.3 is 10.1 Å². The fourth-order valence-corrected chi connectivity index (χ4v) is 2.57. The van der Waals surface area contributed by atoms with E-state index in [9.17, 15) is 13.6 Å². The van der Waals surface area contributed by atoms with Crippen molar-refractivity contribution >= 4 is 27.5 Å². The number of hydrogen-bond acceptors (Lipinski definition) is 3. The molecule has 0 aliphatic rings. The third-order valence-electron chi connectivity index (χ3n) is 3.59. The highest BCUT2D eigenvalue weighted by atomic mass is 79.9. The molecule has 0 fully saturated rings. The summed E-state index contributed by atoms with van der Waals surface area (Å²) in [7, 11) is 0. The lowest BCUT2D eigenvalue weighted by Gasteiger charge is -2.17. The van der Waals surface area contributed by atoms with Gasteiger partial charge in [0.25, 0.3) is 0 Å². The molecule has 1 unspecified atom stereocenters. The second kappa shape index (κ2) is 7.29. The van der Waals surface area contributed by atoms with Gasteiger partial charge in [0.2, 0.25) is 5.91 Å². The maximum atomic E-state index is 12.5. The molecule has 0 saturated heterocycles. The van der Waals surface area contributed by atoms with Crippen LogP contribution in [0, 0.1) is 20.8 Å². The van der Waals surface area contributed by atoms with Crippen LogP contribution in [0.5, 0.6) is 5.75 Å². The van der Waals surface area contributed by atoms with Gasteiger partial charge in [0.1, 0.15) is 11.8 Å². The number of aryl methyl sites for hydroxylation is 2. The number of nitrogens with one attached hydrogen (secondary N) is 1. The van der Waals surface area contributed by atoms with E-state index in [0.717, 1.165) is 21.4 Å². The Morgan fingerprint density at radius 1 is 1.33 bits per heavy atom. The van der Waals surface area contributed by atoms with Crippen LogP contribution in [0.4, 0.5) is 14.5 Å². The minimum atomic E-state index is -2.97. The van der Waals surface area contributed by atoms with Crippen molar-refractivity contribution in [3.8, 4) is 5.75 Å². The van der Waals surface area contributed by atoms with Gasteiger partial charge in [0.15, 0.2) is 0 Å². The standard InChI is InChI=1S/C16H18BrF2N3O2/c1-8-5-6-13(24-16(18)19)12(7-8)20-15(23)11(4)22-10(3)14(17)9(2)21-22/h5-7,11,16H,1-4H3,(H,20,23). The van der Waals surface area contributed by atoms with Crippen molar-refractivity contribution < 1.29 is 18.3 Å². The number of carbonyl (C=O) groups excluding carboxylic acids is 1. The maximum absolute atomic E-state index is 12.5. The number of hydrogen-bond donors (Lipinski definition) is 1. The van der Waals surface area contributed by atoms with Gasteiger partial charge in [-0.2, -0.15) is 13.9 Å². The average molecular weight is 402 g/mol. The average Bonchev–Trinajstić information content (AvgIpc) is 2.76. The van der Waals surface area contributed by atoms with Gasteiger partial charge in [0.05, 0.1) is 21.5 Å². The van der Waals surface area contributed by atoms with Gasteiger partial charge in [-0.05, 0) is 61.3 Å². The Bertz CT molecular complexity index is 762. The van der Waals surface area contributed by atoms with Crippen molar-refractivity contribution in [1.29, 1.82) is 0 Å². The molecule has 1 heterocycles. The zero-order valence-corrected chi connectivity index (χ0v) is 15.3. The minimum Gasteiger partial charge on any atom is -0.433 e. The first kappa shape index (κ1) is 18.4. The van der Waals surface area contributed by atoms with Crippen LogP contribution in [0.25, 0.3) is 0 Å². The second-order valence-electron chi connectivity index (χ2n) is 5.47. The molecule has 1 N–H and O–H groups in total. The molecule has 2 aromatic rings. The molecule has 0 spiro atoms. The predicted molar refractivity (Wildman–Crippen MR) is 90.6 cm³/mol. The lowest BCUT2D eigenvalue weighted by molar-refractivity contribution is -0.119. The van der Waals surface area contributed by atoms with E-state index < -0.39 is 12.7 Å². The summed E-state index contributed by atoms with van der Waals surface area (Å²) >= 11 is 3.41. The van der Waals surface area contributed by atoms with Crippen LogP contribution in [0.2, 0.25) is 0 Å². The smallest absolute Gasteiger partial charge is 0.387 e. The van der Waals surface area contributed by atoms with E-state index in [0.29, 0.717) is 0 Å². The molecule has 0 saturated carbocycles. The Morgan fingerprint density at radius 2 is 2.00 bits per heavy atom. The van der Waals surface area contributed by atoms with Gasteiger partial charge in [-0.15, -0.1) is 0 Å². The number of rotatable bonds is 5. The first-order valence-electron chi connectivity index (χ1n) is 7.28. The fourth-order valence-electron chi connectivity index (χ4n) is 2.31. The first-order valence-corrected chi connectivity index (χ1v) is 8.07. The van der Waals surface area contributed by atoms with Crippen molar-refractivity contribution in [2.45, 2.75) is 40.3 Å². The third kappa shape index (κ3) is 3.92. The van der Waals surface area contributed by atoms with Crippen LogP contribution >= 0.6 is 15.9 Å². The highest BCUT2D eigenvalue weighted by Crippen LogP contribution is 2.29. The molecule has 130 valence electrons. The molecular weight excluding hydrogens is 384 g/mol. The Kier molecular flexibility index (Phi) is 5.58. The molecular formula is C16H18BrF2N3O2. The fraction of sp³-hybridized carbons (Fsp3) is 0.375. The van der Waals surface area contributed by atoms with Crippen LogP contribution in [-0.4, -0.2) is 22.3 Å². The number of aromatic nitrogens is 2. The van der Waals surface area contributed by atoms with Crippen molar-refractivity contribution in [2.24, 2.45) is 0 Å². The molecule has 2 rings (SSSR count). The van der Waals surface area contributed by atoms with Crippen LogP contribution in [0.15, 0.2) is 22.7 Å². The third-order valence-corrected chi connectivity index (χ3v) is 4.74. The summed E-state index contributed by atoms with van der Waals surface area (Å²) < 4.78 is 31.9. The van der Waals surface area contributed by atoms with Crippen molar-refractivity contribution in [3.63, 3.8) is 0 Å². The summed E-state index contributed by atoms with van der Waals surface area (Å²) in [5.41, 5.74) is 2.59. The monoisotopic (exact) mass is 401 g/mol. The highest BCUT2D eigenvalue weighted by Gasteiger charge is 2.22. The summed E-state index contributed by atoms with van der Waals surface area (Å²) in [5, 5.41) is 6.96. The molecule has 24 heavy (non-hydrogen) atoms. The molecule has 0 aliphatic carbocycles. The number of nitrogens with zero attached hydrogens (tertiary/aromatic N) is 2. The molecule has 8 heteroatoms. The second-order valence-corrected chi connectivity index (χ2v) is 6.27. The first-order chi connectivity index (χ1) is 11.2. The van der Waals surface area contributed by atoms with Crippen LogP contribution in [0.1, 0.15) is 29.9 Å². The minimum absolute atomic E-state index is 0.0781. The van der Waals surface area contributed by atoms with Crippen molar-refractivity contribution in [1.82, 2.24) is 9.78 Å². The Morgan fingerprint density at radius 3 is 2.54 bits per heavy atom. The molecule has 5 nitrogen and oxygen atoms in total. The Labute approximate surface area is 147 Å². The largest absolute Gasteiger partial charge is 0.433 e. The number of halogens is 3. The van der Waals surface area contributed by atoms with E-state index >= 15 is 0 Å². The quantitative estimate of drug-likeness (QED) is 0.808. The lowest BCUT2D eigenvalue weighted by atomic mass is 10.2. The van der Waals surface area contributed by atoms with Gasteiger partial charge in [-0.3, -0.25) is 9.48 Å². The normalized spacial score (nSPS) is 12.3. The molecule has 1 amide bonds. The number of amides is 1. The number of benzene rings is 1. The molecule has 0 radical (unpaired) electrons. The summed E-state index contributed by atoms with van der Waals surface area (Å²) in [5.74, 6) is -0.455. The van der Waals surface area contributed by atoms with Gasteiger partial charge in [0, 0.05) is 0 Å². The number of alkyl halides is 2. The number of carbonyl (C=O) groups is 1. The lowest BCUT2D eigenvalue weighted by Crippen LogP contribution is -2.25. The number of anilines is 1. The van der Waals surface area contributed by atoms with E-state index in [1.807, 2.05) is 13.8 Å². The van der Waals surface area contributed by atoms with Crippen LogP contribution in [0.3, 0.4) is 0 Å². The summed E-state index contributed by atoms with van der Waals surface area (Å²) in [6, 6.07) is 4.01. The predicted octanol–water partition coefficient (Wildman–Crippen LogP) is 4.37. The Hall–Kier alpha value is -1.96. The topological polar surface area (TPSA) is 56.1 Å². The van der Waals surface area contributed by atoms with E-state index in [2.05, 4.69) is 31.1 Å². The number of ether oxygens (including phenoxy) is 1. The molecule has 1 aromatic carbocycles. The van der Waals surface area contributed by atoms with Crippen molar-refractivity contribution in [2.75, 3.05) is 5.32 Å². The van der Waals surface area contributed by atoms with Gasteiger partial charge in [-0.25, -0.2) is 0 Å². The summed E-state index contributed by atoms with van der Waals surface area (Å²) in [6.45, 7) is 4.18. The Balaban J connectivity index is 2.25. The highest BCUT2D eigenvalue weighted by molar-refractivity contribution is 9.10. The molecule has 0 aliphatic heterocycles. The van der Waals surface area contributed by atoms with E-state index in [1.54, 1.807) is 30.7 Å². The van der Waals surface area contributed by atoms with Crippen LogP contribution < -0.4 is 10.1 Å². The van der Waals surface area contributed by atoms with Crippen molar-refractivity contribution in [3.05, 3.63) is 39.6 Å². The maximum Gasteiger partial charge on any atom is 0.387 e.